The Balaban J connectivity index is 0. The molecule has 1 heterocycles. The maximum atomic E-state index is 10.0. The van der Waals surface area contributed by atoms with Gasteiger partial charge in [0, 0.05) is 6.20 Å². The molecule has 1 aromatic rings. The molecule has 0 aliphatic rings. The topological polar surface area (TPSA) is 66.0 Å². The van der Waals surface area contributed by atoms with Gasteiger partial charge in [-0.1, -0.05) is 0 Å². The first kappa shape index (κ1) is 12.0. The molecule has 2 N–H and O–H groups in total. The summed E-state index contributed by atoms with van der Waals surface area (Å²) in [5.74, 6) is -0.959. The number of hydrogen-bond donors (Lipinski definition) is 2. The molecule has 1 aromatic heterocycles. The Labute approximate surface area is 69.5 Å². The van der Waals surface area contributed by atoms with Crippen LogP contribution in [-0.2, 0) is 0 Å². The monoisotopic (exact) mass is 184 g/mol. The number of rotatable bonds is 1. The average Bonchev–Trinajstić information content (AvgIpc) is 2.12. The van der Waals surface area contributed by atoms with Crippen LogP contribution in [0, 0.1) is 0 Å². The minimum Gasteiger partial charge on any atom is -0.478 e. The minimum absolute atomic E-state index is 0. The number of nitrogens with one attached hydrogen (secondary N) is 1. The normalized spacial score (nSPS) is 7.20. The highest BCUT2D eigenvalue weighted by molar-refractivity contribution is 5.86. The zero-order chi connectivity index (χ0) is 5.98. The molecular formula is C4H6Cl2N2O2. The molecule has 0 aliphatic heterocycles. The molecule has 58 valence electrons. The van der Waals surface area contributed by atoms with Gasteiger partial charge in [-0.25, -0.2) is 4.79 Å². The minimum atomic E-state index is -0.959. The van der Waals surface area contributed by atoms with Crippen LogP contribution in [0.1, 0.15) is 10.4 Å². The number of H-pyrrole nitrogens is 1. The summed E-state index contributed by atoms with van der Waals surface area (Å²) in [5, 5.41) is 14.0. The predicted molar refractivity (Wildman–Crippen MR) is 40.0 cm³/mol. The highest BCUT2D eigenvalue weighted by atomic mass is 35.5. The molecule has 0 fully saturated rings. The van der Waals surface area contributed by atoms with E-state index in [1.165, 1.54) is 12.4 Å². The third-order valence-corrected chi connectivity index (χ3v) is 0.745. The molecule has 0 saturated carbocycles. The number of carboxylic acids is 1. The van der Waals surface area contributed by atoms with Crippen molar-refractivity contribution in [2.75, 3.05) is 0 Å². The number of aromatic amines is 1. The lowest BCUT2D eigenvalue weighted by atomic mass is 10.4. The number of nitrogens with zero attached hydrogens (tertiary/aromatic N) is 1. The van der Waals surface area contributed by atoms with Crippen molar-refractivity contribution in [1.82, 2.24) is 10.2 Å². The molecule has 0 amide bonds. The fourth-order valence-electron chi connectivity index (χ4n) is 0.368. The predicted octanol–water partition coefficient (Wildman–Crippen LogP) is 0.951. The van der Waals surface area contributed by atoms with Gasteiger partial charge in [0.05, 0.1) is 11.8 Å². The SMILES string of the molecule is Cl.Cl.O=C(O)c1cn[nH]c1. The van der Waals surface area contributed by atoms with E-state index in [2.05, 4.69) is 10.2 Å². The zero-order valence-corrected chi connectivity index (χ0v) is 6.41. The van der Waals surface area contributed by atoms with Crippen molar-refractivity contribution in [2.45, 2.75) is 0 Å². The molecular weight excluding hydrogens is 179 g/mol. The van der Waals surface area contributed by atoms with Gasteiger partial charge in [-0.05, 0) is 0 Å². The summed E-state index contributed by atoms with van der Waals surface area (Å²) >= 11 is 0. The molecule has 0 atom stereocenters. The molecule has 0 aliphatic carbocycles. The van der Waals surface area contributed by atoms with Crippen molar-refractivity contribution in [3.63, 3.8) is 0 Å². The van der Waals surface area contributed by atoms with Crippen molar-refractivity contribution >= 4 is 30.8 Å². The summed E-state index contributed by atoms with van der Waals surface area (Å²) in [6, 6.07) is 0. The Bertz CT molecular complexity index is 187. The highest BCUT2D eigenvalue weighted by Gasteiger charge is 1.99. The van der Waals surface area contributed by atoms with Gasteiger partial charge < -0.3 is 5.11 Å². The molecule has 10 heavy (non-hydrogen) atoms. The lowest BCUT2D eigenvalue weighted by Gasteiger charge is -1.77. The summed E-state index contributed by atoms with van der Waals surface area (Å²) in [6.45, 7) is 0. The maximum absolute atomic E-state index is 10.0. The fraction of sp³-hybridized carbons (Fsp3) is 0. The Kier molecular flexibility index (Phi) is 6.09. The lowest BCUT2D eigenvalue weighted by Crippen LogP contribution is -1.91. The maximum Gasteiger partial charge on any atom is 0.338 e. The molecule has 6 heteroatoms. The molecule has 0 unspecified atom stereocenters. The Morgan fingerprint density at radius 3 is 2.40 bits per heavy atom. The van der Waals surface area contributed by atoms with Crippen molar-refractivity contribution in [1.29, 1.82) is 0 Å². The van der Waals surface area contributed by atoms with Gasteiger partial charge in [0.25, 0.3) is 0 Å². The smallest absolute Gasteiger partial charge is 0.338 e. The quantitative estimate of drug-likeness (QED) is 0.684. The third kappa shape index (κ3) is 2.70. The van der Waals surface area contributed by atoms with Crippen molar-refractivity contribution in [3.05, 3.63) is 18.0 Å². The van der Waals surface area contributed by atoms with Gasteiger partial charge in [-0.3, -0.25) is 5.10 Å². The standard InChI is InChI=1S/C4H4N2O2.2ClH/c7-4(8)3-1-5-6-2-3;;/h1-2H,(H,5,6)(H,7,8);2*1H. The molecule has 4 nitrogen and oxygen atoms in total. The molecule has 0 radical (unpaired) electrons. The van der Waals surface area contributed by atoms with E-state index in [0.717, 1.165) is 0 Å². The summed E-state index contributed by atoms with van der Waals surface area (Å²) in [4.78, 5) is 10.0. The number of carboxylic acid groups (broad SMARTS) is 1. The molecule has 0 aromatic carbocycles. The van der Waals surface area contributed by atoms with Gasteiger partial charge in [-0.2, -0.15) is 5.10 Å². The Morgan fingerprint density at radius 1 is 1.60 bits per heavy atom. The number of aromatic nitrogens is 2. The number of halogens is 2. The van der Waals surface area contributed by atoms with Crippen LogP contribution in [-0.4, -0.2) is 21.3 Å². The molecule has 0 saturated heterocycles. The number of carbonyl (C=O) groups is 1. The van der Waals surface area contributed by atoms with Gasteiger partial charge >= 0.3 is 5.97 Å². The van der Waals surface area contributed by atoms with Crippen LogP contribution in [0.4, 0.5) is 0 Å². The van der Waals surface area contributed by atoms with E-state index in [4.69, 9.17) is 5.11 Å². The van der Waals surface area contributed by atoms with E-state index < -0.39 is 5.97 Å². The Hall–Kier alpha value is -0.740. The van der Waals surface area contributed by atoms with Crippen LogP contribution < -0.4 is 0 Å². The third-order valence-electron chi connectivity index (χ3n) is 0.745. The van der Waals surface area contributed by atoms with E-state index in [0.29, 0.717) is 0 Å². The van der Waals surface area contributed by atoms with Crippen LogP contribution in [0.25, 0.3) is 0 Å². The average molecular weight is 185 g/mol. The summed E-state index contributed by atoms with van der Waals surface area (Å²) < 4.78 is 0. The molecule has 0 spiro atoms. The first-order chi connectivity index (χ1) is 3.80. The van der Waals surface area contributed by atoms with Crippen LogP contribution in [0.5, 0.6) is 0 Å². The molecule has 1 rings (SSSR count). The zero-order valence-electron chi connectivity index (χ0n) is 4.77. The first-order valence-corrected chi connectivity index (χ1v) is 2.03. The van der Waals surface area contributed by atoms with Gasteiger partial charge in [-0.15, -0.1) is 24.8 Å². The van der Waals surface area contributed by atoms with Crippen LogP contribution in [0.2, 0.25) is 0 Å². The largest absolute Gasteiger partial charge is 0.478 e. The van der Waals surface area contributed by atoms with Crippen LogP contribution >= 0.6 is 24.8 Å². The summed E-state index contributed by atoms with van der Waals surface area (Å²) in [7, 11) is 0. The van der Waals surface area contributed by atoms with E-state index in [1.807, 2.05) is 0 Å². The van der Waals surface area contributed by atoms with Gasteiger partial charge in [0.15, 0.2) is 0 Å². The first-order valence-electron chi connectivity index (χ1n) is 2.03. The number of hydrogen-bond acceptors (Lipinski definition) is 2. The summed E-state index contributed by atoms with van der Waals surface area (Å²) in [5.41, 5.74) is 0.185. The fourth-order valence-corrected chi connectivity index (χ4v) is 0.368. The van der Waals surface area contributed by atoms with Gasteiger partial charge in [0.1, 0.15) is 0 Å². The van der Waals surface area contributed by atoms with E-state index in [-0.39, 0.29) is 30.4 Å². The van der Waals surface area contributed by atoms with E-state index in [9.17, 15) is 4.79 Å². The second-order valence-corrected chi connectivity index (χ2v) is 1.29. The van der Waals surface area contributed by atoms with Crippen molar-refractivity contribution in [2.24, 2.45) is 0 Å². The van der Waals surface area contributed by atoms with Gasteiger partial charge in [0.2, 0.25) is 0 Å². The second-order valence-electron chi connectivity index (χ2n) is 1.29. The summed E-state index contributed by atoms with van der Waals surface area (Å²) in [6.07, 6.45) is 2.57. The second kappa shape index (κ2) is 5.08. The lowest BCUT2D eigenvalue weighted by molar-refractivity contribution is 0.0697. The van der Waals surface area contributed by atoms with Crippen LogP contribution in [0.3, 0.4) is 0 Å². The molecule has 0 bridgehead atoms. The Morgan fingerprint density at radius 2 is 2.20 bits per heavy atom. The van der Waals surface area contributed by atoms with E-state index >= 15 is 0 Å². The van der Waals surface area contributed by atoms with E-state index in [1.54, 1.807) is 0 Å². The highest BCUT2D eigenvalue weighted by Crippen LogP contribution is 1.90. The van der Waals surface area contributed by atoms with Crippen LogP contribution in [0.15, 0.2) is 12.4 Å². The van der Waals surface area contributed by atoms with Crippen molar-refractivity contribution < 1.29 is 9.90 Å². The van der Waals surface area contributed by atoms with Crippen molar-refractivity contribution in [3.8, 4) is 0 Å². The number of aromatic carboxylic acids is 1.